The quantitative estimate of drug-likeness (QED) is 0.394. The normalized spacial score (nSPS) is 5.20. The van der Waals surface area contributed by atoms with Crippen LogP contribution < -0.4 is 0 Å². The van der Waals surface area contributed by atoms with Crippen molar-refractivity contribution in [2.75, 3.05) is 0 Å². The average molecular weight is 310 g/mol. The van der Waals surface area contributed by atoms with Crippen molar-refractivity contribution >= 4 is 30.7 Å². The molecule has 0 aromatic rings. The molecule has 0 bridgehead atoms. The third-order valence-corrected chi connectivity index (χ3v) is 0. The van der Waals surface area contributed by atoms with Gasteiger partial charge in [-0.15, -0.1) is 0 Å². The van der Waals surface area contributed by atoms with Crippen LogP contribution in [-0.4, -0.2) is 0 Å². The van der Waals surface area contributed by atoms with E-state index in [0.717, 1.165) is 0 Å². The van der Waals surface area contributed by atoms with Gasteiger partial charge < -0.3 is 0 Å². The van der Waals surface area contributed by atoms with Crippen LogP contribution in [0.2, 0.25) is 0 Å². The maximum Gasteiger partial charge on any atom is 0.477 e. The molecule has 0 aliphatic carbocycles. The molecule has 5 heavy (non-hydrogen) atoms. The van der Waals surface area contributed by atoms with Gasteiger partial charge in [-0.2, -0.15) is 0 Å². The Labute approximate surface area is 57.5 Å². The van der Waals surface area contributed by atoms with Crippen molar-refractivity contribution in [3.8, 4) is 0 Å². The molecule has 0 atom stereocenters. The van der Waals surface area contributed by atoms with Gasteiger partial charge in [-0.3, -0.25) is 0 Å². The zero-order chi connectivity index (χ0) is 3.58. The van der Waals surface area contributed by atoms with Gasteiger partial charge in [-0.05, 0) is 4.57 Å². The van der Waals surface area contributed by atoms with Crippen LogP contribution in [0.15, 0.2) is 0 Å². The monoisotopic (exact) mass is 310 g/mol. The summed E-state index contributed by atoms with van der Waals surface area (Å²) in [5.41, 5.74) is 0. The summed E-state index contributed by atoms with van der Waals surface area (Å²) in [6.45, 7) is 0. The van der Waals surface area contributed by atoms with E-state index < -0.39 is 6.20 Å². The van der Waals surface area contributed by atoms with Crippen molar-refractivity contribution in [2.24, 2.45) is 0 Å². The largest absolute Gasteiger partial charge is 0.477 e. The first-order valence-corrected chi connectivity index (χ1v) is 4.15. The van der Waals surface area contributed by atoms with E-state index in [4.69, 9.17) is 0 Å². The fraction of sp³-hybridized carbons (Fsp3) is 0. The summed E-state index contributed by atoms with van der Waals surface area (Å²) in [5.74, 6) is 0. The first-order valence-electron chi connectivity index (χ1n) is 0.583. The Morgan fingerprint density at radius 3 is 1.40 bits per heavy atom. The second-order valence-corrected chi connectivity index (χ2v) is 3.88. The predicted octanol–water partition coefficient (Wildman–Crippen LogP) is 1.50. The van der Waals surface area contributed by atoms with Gasteiger partial charge in [-0.25, -0.2) is 0 Å². The first kappa shape index (κ1) is 9.74. The minimum atomic E-state index is -1.48. The van der Waals surface area contributed by atoms with Gasteiger partial charge in [0.15, 0.2) is 0 Å². The average Bonchev–Trinajstić information content (AvgIpc) is 0.811. The molecule has 5 heteroatoms. The molecule has 0 aromatic heterocycles. The van der Waals surface area contributed by atoms with Crippen LogP contribution in [-0.2, 0) is 26.9 Å². The molecule has 0 rings (SSSR count). The van der Waals surface area contributed by atoms with Crippen LogP contribution in [0.1, 0.15) is 0 Å². The summed E-state index contributed by atoms with van der Waals surface area (Å²) in [7, 11) is 0. The van der Waals surface area contributed by atoms with Crippen molar-refractivity contribution in [1.29, 1.82) is 0 Å². The molecule has 0 fully saturated rings. The summed E-state index contributed by atoms with van der Waals surface area (Å²) in [5, 5.41) is 0. The van der Waals surface area contributed by atoms with Crippen LogP contribution in [0, 0.1) is 0 Å². The Bertz CT molecular complexity index is 32.6. The van der Waals surface area contributed by atoms with Crippen molar-refractivity contribution < 1.29 is 26.9 Å². The molecule has 0 aromatic carbocycles. The maximum atomic E-state index is 9.32. The fourth-order valence-electron chi connectivity index (χ4n) is 0. The smallest absolute Gasteiger partial charge is 0.0447 e. The van der Waals surface area contributed by atoms with Gasteiger partial charge in [0.1, 0.15) is 24.5 Å². The number of hydrogen-bond donors (Lipinski definition) is 2. The maximum absolute atomic E-state index is 9.32. The third kappa shape index (κ3) is 29.3. The molecule has 0 N–H and O–H groups in total. The van der Waals surface area contributed by atoms with Gasteiger partial charge in [0, 0.05) is 22.4 Å². The summed E-state index contributed by atoms with van der Waals surface area (Å²) in [6.07, 6.45) is -1.48. The second kappa shape index (κ2) is 5.54. The minimum Gasteiger partial charge on any atom is -0.0447 e. The van der Waals surface area contributed by atoms with Gasteiger partial charge >= 0.3 is 6.20 Å². The second-order valence-electron chi connectivity index (χ2n) is 0.253. The molecule has 0 heterocycles. The van der Waals surface area contributed by atoms with Crippen molar-refractivity contribution in [3.05, 3.63) is 0 Å². The Morgan fingerprint density at radius 2 is 1.40 bits per heavy atom. The molecule has 0 spiro atoms. The van der Waals surface area contributed by atoms with Crippen LogP contribution in [0.25, 0.3) is 0 Å². The minimum absolute atomic E-state index is 0. The zero-order valence-electron chi connectivity index (χ0n) is 2.05. The standard InChI is InChI=1S/Au.HOPS2/c;1-2(3)4/h;(H-,1,3,4)/p+1. The van der Waals surface area contributed by atoms with Crippen molar-refractivity contribution in [2.45, 2.75) is 0 Å². The van der Waals surface area contributed by atoms with Gasteiger partial charge in [0.05, 0.1) is 0 Å². The van der Waals surface area contributed by atoms with E-state index in [9.17, 15) is 4.57 Å². The number of rotatable bonds is 0. The number of hydrogen-bond acceptors (Lipinski definition) is 1. The Kier molecular flexibility index (Phi) is 10.8. The van der Waals surface area contributed by atoms with Crippen LogP contribution in [0.5, 0.6) is 0 Å². The molecule has 0 aliphatic rings. The van der Waals surface area contributed by atoms with E-state index >= 15 is 0 Å². The Morgan fingerprint density at radius 1 is 1.40 bits per heavy atom. The third-order valence-electron chi connectivity index (χ3n) is 0. The molecular formula is H2AuOPS2+. The van der Waals surface area contributed by atoms with E-state index in [1.807, 2.05) is 0 Å². The zero-order valence-corrected chi connectivity index (χ0v) is 6.90. The van der Waals surface area contributed by atoms with E-state index in [1.165, 1.54) is 0 Å². The predicted molar refractivity (Wildman–Crippen MR) is 25.6 cm³/mol. The first-order chi connectivity index (χ1) is 1.73. The number of thiol groups is 2. The van der Waals surface area contributed by atoms with Gasteiger partial charge in [0.2, 0.25) is 0 Å². The summed E-state index contributed by atoms with van der Waals surface area (Å²) < 4.78 is 9.32. The summed E-state index contributed by atoms with van der Waals surface area (Å²) in [6, 6.07) is 0. The Hall–Kier alpha value is 1.54. The summed E-state index contributed by atoms with van der Waals surface area (Å²) in [4.78, 5) is 0. The van der Waals surface area contributed by atoms with Crippen LogP contribution >= 0.6 is 30.7 Å². The molecule has 1 radical (unpaired) electrons. The van der Waals surface area contributed by atoms with Crippen molar-refractivity contribution in [1.82, 2.24) is 0 Å². The van der Waals surface area contributed by atoms with E-state index in [0.29, 0.717) is 0 Å². The molecule has 0 amide bonds. The molecule has 35 valence electrons. The van der Waals surface area contributed by atoms with Crippen LogP contribution in [0.3, 0.4) is 0 Å². The van der Waals surface area contributed by atoms with Crippen LogP contribution in [0.4, 0.5) is 0 Å². The van der Waals surface area contributed by atoms with E-state index in [2.05, 4.69) is 24.5 Å². The van der Waals surface area contributed by atoms with E-state index in [-0.39, 0.29) is 22.4 Å². The van der Waals surface area contributed by atoms with Gasteiger partial charge in [-0.1, -0.05) is 0 Å². The molecular weight excluding hydrogens is 308 g/mol. The Balaban J connectivity index is 0. The molecule has 0 unspecified atom stereocenters. The molecule has 1 nitrogen and oxygen atoms in total. The molecule has 0 saturated carbocycles. The van der Waals surface area contributed by atoms with Gasteiger partial charge in [0.25, 0.3) is 0 Å². The SMILES string of the molecule is O=[P+](S)S.[Au]. The topological polar surface area (TPSA) is 17.1 Å². The summed E-state index contributed by atoms with van der Waals surface area (Å²) >= 11 is 6.68. The van der Waals surface area contributed by atoms with Crippen molar-refractivity contribution in [3.63, 3.8) is 0 Å². The molecule has 0 saturated heterocycles. The molecule has 0 aliphatic heterocycles. The van der Waals surface area contributed by atoms with E-state index in [1.54, 1.807) is 0 Å². The fourth-order valence-corrected chi connectivity index (χ4v) is 0.